The predicted molar refractivity (Wildman–Crippen MR) is 138 cm³/mol. The monoisotopic (exact) mass is 549 g/mol. The second-order valence-corrected chi connectivity index (χ2v) is 9.97. The third-order valence-electron chi connectivity index (χ3n) is 6.29. The average molecular weight is 550 g/mol. The molecule has 2 heterocycles. The second kappa shape index (κ2) is 12.1. The molecule has 9 heteroatoms. The number of ether oxygens (including phenoxy) is 3. The molecule has 0 aromatic heterocycles. The summed E-state index contributed by atoms with van der Waals surface area (Å²) in [5.41, 5.74) is 2.87. The molecular weight excluding hydrogens is 514 g/mol. The Hall–Kier alpha value is -2.36. The Morgan fingerprint density at radius 1 is 1.26 bits per heavy atom. The Kier molecular flexibility index (Phi) is 9.38. The lowest BCUT2D eigenvalue weighted by Gasteiger charge is -2.32. The van der Waals surface area contributed by atoms with Crippen LogP contribution in [0.1, 0.15) is 46.1 Å². The van der Waals surface area contributed by atoms with Crippen LogP contribution in [0.25, 0.3) is 5.70 Å². The number of carbonyl (C=O) groups is 2. The summed E-state index contributed by atoms with van der Waals surface area (Å²) < 4.78 is 17.8. The number of methoxy groups -OCH3 is 1. The summed E-state index contributed by atoms with van der Waals surface area (Å²) in [7, 11) is 1.29. The van der Waals surface area contributed by atoms with Gasteiger partial charge in [-0.25, -0.2) is 4.79 Å². The number of hydrogen-bond acceptors (Lipinski definition) is 6. The van der Waals surface area contributed by atoms with E-state index in [1.54, 1.807) is 4.90 Å². The van der Waals surface area contributed by atoms with Crippen molar-refractivity contribution in [3.05, 3.63) is 52.2 Å². The van der Waals surface area contributed by atoms with Crippen molar-refractivity contribution < 1.29 is 23.8 Å². The Morgan fingerprint density at radius 3 is 2.46 bits per heavy atom. The van der Waals surface area contributed by atoms with E-state index in [1.165, 1.54) is 7.11 Å². The highest BCUT2D eigenvalue weighted by Gasteiger charge is 2.52. The van der Waals surface area contributed by atoms with Crippen LogP contribution >= 0.6 is 15.9 Å². The van der Waals surface area contributed by atoms with Gasteiger partial charge in [-0.3, -0.25) is 4.79 Å². The van der Waals surface area contributed by atoms with Crippen LogP contribution < -0.4 is 10.6 Å². The Morgan fingerprint density at radius 2 is 1.91 bits per heavy atom. The molecule has 35 heavy (non-hydrogen) atoms. The van der Waals surface area contributed by atoms with E-state index >= 15 is 0 Å². The number of allylic oxidation sites excluding steroid dienone is 2. The summed E-state index contributed by atoms with van der Waals surface area (Å²) in [6.45, 7) is 9.10. The third kappa shape index (κ3) is 6.45. The number of amides is 2. The molecule has 1 spiro atoms. The van der Waals surface area contributed by atoms with Gasteiger partial charge in [0.25, 0.3) is 0 Å². The normalized spacial score (nSPS) is 20.9. The average Bonchev–Trinajstić information content (AvgIpc) is 3.46. The SMILES string of the molecule is C/C=C(\N/C(=C/CC)C1CC2(CN1C(=O)C(NC(=O)OC)C(C)C)OCCO2)c1ccc(Br)cc1. The van der Waals surface area contributed by atoms with E-state index in [-0.39, 0.29) is 24.4 Å². The van der Waals surface area contributed by atoms with Gasteiger partial charge in [0.2, 0.25) is 5.91 Å². The van der Waals surface area contributed by atoms with Gasteiger partial charge in [-0.15, -0.1) is 0 Å². The topological polar surface area (TPSA) is 89.1 Å². The van der Waals surface area contributed by atoms with Gasteiger partial charge in [0.15, 0.2) is 5.79 Å². The summed E-state index contributed by atoms with van der Waals surface area (Å²) in [6.07, 6.45) is 4.75. The Labute approximate surface area is 216 Å². The molecule has 8 nitrogen and oxygen atoms in total. The number of nitrogens with one attached hydrogen (secondary N) is 2. The maximum absolute atomic E-state index is 13.8. The second-order valence-electron chi connectivity index (χ2n) is 9.05. The van der Waals surface area contributed by atoms with Crippen LogP contribution in [0, 0.1) is 5.92 Å². The summed E-state index contributed by atoms with van der Waals surface area (Å²) in [4.78, 5) is 27.6. The van der Waals surface area contributed by atoms with Crippen LogP contribution in [0.5, 0.6) is 0 Å². The molecule has 2 saturated heterocycles. The van der Waals surface area contributed by atoms with Gasteiger partial charge in [0, 0.05) is 22.3 Å². The molecule has 0 aliphatic carbocycles. The third-order valence-corrected chi connectivity index (χ3v) is 6.81. The van der Waals surface area contributed by atoms with Crippen molar-refractivity contribution in [3.63, 3.8) is 0 Å². The fourth-order valence-corrected chi connectivity index (χ4v) is 4.78. The van der Waals surface area contributed by atoms with Gasteiger partial charge >= 0.3 is 6.09 Å². The minimum Gasteiger partial charge on any atom is -0.453 e. The molecule has 0 radical (unpaired) electrons. The summed E-state index contributed by atoms with van der Waals surface area (Å²) in [5, 5.41) is 6.29. The van der Waals surface area contributed by atoms with E-state index in [4.69, 9.17) is 14.2 Å². The van der Waals surface area contributed by atoms with Crippen molar-refractivity contribution in [2.24, 2.45) is 5.92 Å². The number of hydrogen-bond donors (Lipinski definition) is 2. The maximum atomic E-state index is 13.8. The number of halogens is 1. The first-order valence-corrected chi connectivity index (χ1v) is 12.8. The molecule has 2 atom stereocenters. The first-order chi connectivity index (χ1) is 16.7. The van der Waals surface area contributed by atoms with Gasteiger partial charge in [-0.2, -0.15) is 0 Å². The molecule has 3 rings (SSSR count). The first-order valence-electron chi connectivity index (χ1n) is 12.1. The Bertz CT molecular complexity index is 954. The molecule has 0 bridgehead atoms. The molecule has 2 aliphatic rings. The lowest BCUT2D eigenvalue weighted by molar-refractivity contribution is -0.153. The van der Waals surface area contributed by atoms with E-state index in [0.717, 1.165) is 27.9 Å². The number of nitrogens with zero attached hydrogens (tertiary/aromatic N) is 1. The zero-order valence-electron chi connectivity index (χ0n) is 21.1. The van der Waals surface area contributed by atoms with E-state index in [0.29, 0.717) is 19.6 Å². The van der Waals surface area contributed by atoms with Crippen LogP contribution in [-0.4, -0.2) is 61.6 Å². The van der Waals surface area contributed by atoms with Crippen LogP contribution in [0.2, 0.25) is 0 Å². The van der Waals surface area contributed by atoms with E-state index < -0.39 is 17.9 Å². The maximum Gasteiger partial charge on any atom is 0.407 e. The van der Waals surface area contributed by atoms with Gasteiger partial charge in [-0.1, -0.05) is 61.0 Å². The molecule has 2 N–H and O–H groups in total. The van der Waals surface area contributed by atoms with Gasteiger partial charge < -0.3 is 29.7 Å². The zero-order chi connectivity index (χ0) is 25.6. The minimum atomic E-state index is -0.852. The largest absolute Gasteiger partial charge is 0.453 e. The molecule has 192 valence electrons. The van der Waals surface area contributed by atoms with Crippen molar-refractivity contribution in [2.45, 2.75) is 58.4 Å². The minimum absolute atomic E-state index is 0.135. The van der Waals surface area contributed by atoms with Crippen molar-refractivity contribution in [2.75, 3.05) is 26.9 Å². The van der Waals surface area contributed by atoms with Gasteiger partial charge in [-0.05, 0) is 37.0 Å². The summed E-state index contributed by atoms with van der Waals surface area (Å²) in [6, 6.07) is 7.01. The van der Waals surface area contributed by atoms with E-state index in [1.807, 2.05) is 51.1 Å². The molecule has 2 fully saturated rings. The quantitative estimate of drug-likeness (QED) is 0.499. The fraction of sp³-hybridized carbons (Fsp3) is 0.538. The smallest absolute Gasteiger partial charge is 0.407 e. The fourth-order valence-electron chi connectivity index (χ4n) is 4.52. The number of alkyl carbamates (subject to hydrolysis) is 1. The number of likely N-dealkylation sites (tertiary alicyclic amines) is 1. The van der Waals surface area contributed by atoms with Crippen LogP contribution in [0.3, 0.4) is 0 Å². The molecule has 2 unspecified atom stereocenters. The standard InChI is InChI=1S/C26H36BrN3O5/c1-6-8-21(28-20(7-2)18-9-11-19(27)12-10-18)22-15-26(34-13-14-35-26)16-30(22)24(31)23(17(3)4)29-25(32)33-5/h7-12,17,22-23,28H,6,13-16H2,1-5H3,(H,29,32)/b20-7-,21-8+. The predicted octanol–water partition coefficient (Wildman–Crippen LogP) is 4.42. The molecular formula is C26H36BrN3O5. The highest BCUT2D eigenvalue weighted by Crippen LogP contribution is 2.38. The van der Waals surface area contributed by atoms with E-state index in [9.17, 15) is 9.59 Å². The Balaban J connectivity index is 1.94. The van der Waals surface area contributed by atoms with Crippen LogP contribution in [-0.2, 0) is 19.0 Å². The molecule has 2 aliphatic heterocycles. The van der Waals surface area contributed by atoms with Crippen molar-refractivity contribution in [3.8, 4) is 0 Å². The number of rotatable bonds is 8. The summed E-state index contributed by atoms with van der Waals surface area (Å²) >= 11 is 3.49. The highest BCUT2D eigenvalue weighted by molar-refractivity contribution is 9.10. The van der Waals surface area contributed by atoms with Gasteiger partial charge in [0.05, 0.1) is 32.9 Å². The lowest BCUT2D eigenvalue weighted by Crippen LogP contribution is -2.53. The van der Waals surface area contributed by atoms with E-state index in [2.05, 4.69) is 39.6 Å². The lowest BCUT2D eigenvalue weighted by atomic mass is 10.0. The van der Waals surface area contributed by atoms with Crippen LogP contribution in [0.15, 0.2) is 46.6 Å². The molecule has 1 aromatic carbocycles. The van der Waals surface area contributed by atoms with Crippen molar-refractivity contribution >= 4 is 33.6 Å². The highest BCUT2D eigenvalue weighted by atomic mass is 79.9. The van der Waals surface area contributed by atoms with Crippen molar-refractivity contribution in [1.82, 2.24) is 15.5 Å². The van der Waals surface area contributed by atoms with Gasteiger partial charge in [0.1, 0.15) is 6.04 Å². The zero-order valence-corrected chi connectivity index (χ0v) is 22.7. The summed E-state index contributed by atoms with van der Waals surface area (Å²) in [5.74, 6) is -1.18. The number of benzene rings is 1. The number of carbonyl (C=O) groups excluding carboxylic acids is 2. The first kappa shape index (κ1) is 27.2. The van der Waals surface area contributed by atoms with Crippen molar-refractivity contribution in [1.29, 1.82) is 0 Å². The molecule has 1 aromatic rings. The van der Waals surface area contributed by atoms with Crippen LogP contribution in [0.4, 0.5) is 4.79 Å². The molecule has 2 amide bonds. The molecule has 0 saturated carbocycles.